The Labute approximate surface area is 60.0 Å². The van der Waals surface area contributed by atoms with Crippen molar-refractivity contribution in [2.75, 3.05) is 6.61 Å². The molecule has 0 amide bonds. The van der Waals surface area contributed by atoms with Crippen LogP contribution in [0.15, 0.2) is 0 Å². The molecule has 1 saturated heterocycles. The third-order valence-electron chi connectivity index (χ3n) is 2.24. The van der Waals surface area contributed by atoms with Gasteiger partial charge in [-0.05, 0) is 6.42 Å². The van der Waals surface area contributed by atoms with Crippen LogP contribution in [0.4, 0.5) is 0 Å². The van der Waals surface area contributed by atoms with Gasteiger partial charge >= 0.3 is 5.97 Å². The average Bonchev–Trinajstić information content (AvgIpc) is 2.19. The highest BCUT2D eigenvalue weighted by atomic mass is 16.6. The summed E-state index contributed by atoms with van der Waals surface area (Å²) >= 11 is 0. The molecule has 0 bridgehead atoms. The lowest BCUT2D eigenvalue weighted by atomic mass is 9.84. The van der Waals surface area contributed by atoms with Gasteiger partial charge in [-0.15, -0.1) is 0 Å². The van der Waals surface area contributed by atoms with Crippen molar-refractivity contribution in [3.8, 4) is 0 Å². The molecule has 0 aromatic heterocycles. The highest BCUT2D eigenvalue weighted by Gasteiger charge is 2.44. The molecule has 1 rings (SSSR count). The van der Waals surface area contributed by atoms with Crippen LogP contribution in [0.1, 0.15) is 20.3 Å². The smallest absolute Gasteiger partial charge is 0.335 e. The average molecular weight is 144 g/mol. The van der Waals surface area contributed by atoms with E-state index >= 15 is 0 Å². The SMILES string of the molecule is CC[C@@]1(C)COC(=O)[C@@H]1O. The van der Waals surface area contributed by atoms with Crippen LogP contribution >= 0.6 is 0 Å². The number of hydrogen-bond donors (Lipinski definition) is 1. The van der Waals surface area contributed by atoms with Gasteiger partial charge in [-0.2, -0.15) is 0 Å². The zero-order valence-corrected chi connectivity index (χ0v) is 6.26. The summed E-state index contributed by atoms with van der Waals surface area (Å²) in [7, 11) is 0. The molecule has 0 unspecified atom stereocenters. The van der Waals surface area contributed by atoms with E-state index in [1.54, 1.807) is 0 Å². The van der Waals surface area contributed by atoms with Crippen molar-refractivity contribution < 1.29 is 14.6 Å². The molecule has 1 aliphatic rings. The van der Waals surface area contributed by atoms with Crippen molar-refractivity contribution in [2.45, 2.75) is 26.4 Å². The van der Waals surface area contributed by atoms with Gasteiger partial charge in [0, 0.05) is 5.41 Å². The Bertz CT molecular complexity index is 155. The maximum Gasteiger partial charge on any atom is 0.335 e. The van der Waals surface area contributed by atoms with Crippen molar-refractivity contribution in [3.63, 3.8) is 0 Å². The van der Waals surface area contributed by atoms with Crippen LogP contribution in [-0.2, 0) is 9.53 Å². The first-order chi connectivity index (χ1) is 4.60. The van der Waals surface area contributed by atoms with E-state index in [4.69, 9.17) is 0 Å². The maximum absolute atomic E-state index is 10.7. The minimum atomic E-state index is -0.919. The monoisotopic (exact) mass is 144 g/mol. The lowest BCUT2D eigenvalue weighted by Gasteiger charge is -2.20. The second-order valence-electron chi connectivity index (χ2n) is 3.02. The highest BCUT2D eigenvalue weighted by Crippen LogP contribution is 2.32. The Morgan fingerprint density at radius 2 is 2.50 bits per heavy atom. The molecular weight excluding hydrogens is 132 g/mol. The normalized spacial score (nSPS) is 39.9. The van der Waals surface area contributed by atoms with Gasteiger partial charge in [0.2, 0.25) is 0 Å². The number of aliphatic hydroxyl groups is 1. The van der Waals surface area contributed by atoms with Crippen molar-refractivity contribution >= 4 is 5.97 Å². The Hall–Kier alpha value is -0.570. The summed E-state index contributed by atoms with van der Waals surface area (Å²) in [6, 6.07) is 0. The van der Waals surface area contributed by atoms with Crippen molar-refractivity contribution in [3.05, 3.63) is 0 Å². The Morgan fingerprint density at radius 1 is 1.90 bits per heavy atom. The predicted molar refractivity (Wildman–Crippen MR) is 35.4 cm³/mol. The second-order valence-corrected chi connectivity index (χ2v) is 3.02. The van der Waals surface area contributed by atoms with Gasteiger partial charge in [-0.3, -0.25) is 0 Å². The van der Waals surface area contributed by atoms with E-state index in [2.05, 4.69) is 4.74 Å². The standard InChI is InChI=1S/C7H12O3/c1-3-7(2)4-10-6(9)5(7)8/h5,8H,3-4H2,1-2H3/t5-,7-/m0/s1. The van der Waals surface area contributed by atoms with Crippen molar-refractivity contribution in [1.82, 2.24) is 0 Å². The van der Waals surface area contributed by atoms with Gasteiger partial charge in [0.15, 0.2) is 6.10 Å². The van der Waals surface area contributed by atoms with Gasteiger partial charge in [0.1, 0.15) is 0 Å². The summed E-state index contributed by atoms with van der Waals surface area (Å²) < 4.78 is 4.68. The fourth-order valence-corrected chi connectivity index (χ4v) is 0.974. The summed E-state index contributed by atoms with van der Waals surface area (Å²) in [4.78, 5) is 10.7. The molecule has 0 radical (unpaired) electrons. The largest absolute Gasteiger partial charge is 0.463 e. The van der Waals surface area contributed by atoms with E-state index in [0.29, 0.717) is 6.61 Å². The number of rotatable bonds is 1. The number of cyclic esters (lactones) is 1. The molecule has 1 fully saturated rings. The van der Waals surface area contributed by atoms with Crippen molar-refractivity contribution in [1.29, 1.82) is 0 Å². The van der Waals surface area contributed by atoms with Gasteiger partial charge in [0.05, 0.1) is 6.61 Å². The van der Waals surface area contributed by atoms with Gasteiger partial charge < -0.3 is 9.84 Å². The van der Waals surface area contributed by atoms with Crippen LogP contribution < -0.4 is 0 Å². The molecule has 1 heterocycles. The molecule has 3 heteroatoms. The van der Waals surface area contributed by atoms with Gasteiger partial charge in [-0.25, -0.2) is 4.79 Å². The second kappa shape index (κ2) is 2.23. The number of hydrogen-bond acceptors (Lipinski definition) is 3. The van der Waals surface area contributed by atoms with E-state index in [9.17, 15) is 9.90 Å². The van der Waals surface area contributed by atoms with E-state index in [1.807, 2.05) is 13.8 Å². The molecular formula is C7H12O3. The fourth-order valence-electron chi connectivity index (χ4n) is 0.974. The van der Waals surface area contributed by atoms with Gasteiger partial charge in [-0.1, -0.05) is 13.8 Å². The number of aliphatic hydroxyl groups excluding tert-OH is 1. The zero-order chi connectivity index (χ0) is 7.78. The molecule has 0 spiro atoms. The third-order valence-corrected chi connectivity index (χ3v) is 2.24. The topological polar surface area (TPSA) is 46.5 Å². The maximum atomic E-state index is 10.7. The highest BCUT2D eigenvalue weighted by molar-refractivity contribution is 5.77. The molecule has 10 heavy (non-hydrogen) atoms. The first-order valence-electron chi connectivity index (χ1n) is 3.45. The Balaban J connectivity index is 2.73. The van der Waals surface area contributed by atoms with Crippen molar-refractivity contribution in [2.24, 2.45) is 5.41 Å². The molecule has 0 aliphatic carbocycles. The molecule has 2 atom stereocenters. The molecule has 0 aromatic carbocycles. The van der Waals surface area contributed by atoms with Crippen LogP contribution in [0.3, 0.4) is 0 Å². The Kier molecular flexibility index (Phi) is 1.68. The lowest BCUT2D eigenvalue weighted by molar-refractivity contribution is -0.145. The van der Waals surface area contributed by atoms with E-state index in [1.165, 1.54) is 0 Å². The van der Waals surface area contributed by atoms with Crippen LogP contribution in [0, 0.1) is 5.41 Å². The van der Waals surface area contributed by atoms with Crippen LogP contribution in [0.5, 0.6) is 0 Å². The third kappa shape index (κ3) is 0.904. The number of carbonyl (C=O) groups is 1. The van der Waals surface area contributed by atoms with E-state index in [-0.39, 0.29) is 5.41 Å². The minimum Gasteiger partial charge on any atom is -0.463 e. The minimum absolute atomic E-state index is 0.350. The van der Waals surface area contributed by atoms with Crippen LogP contribution in [0.25, 0.3) is 0 Å². The van der Waals surface area contributed by atoms with E-state index < -0.39 is 12.1 Å². The summed E-state index contributed by atoms with van der Waals surface area (Å²) in [6.45, 7) is 4.14. The number of carbonyl (C=O) groups excluding carboxylic acids is 1. The summed E-state index contributed by atoms with van der Waals surface area (Å²) in [5.74, 6) is -0.482. The summed E-state index contributed by atoms with van der Waals surface area (Å²) in [5, 5.41) is 9.24. The molecule has 0 aromatic rings. The zero-order valence-electron chi connectivity index (χ0n) is 6.26. The molecule has 58 valence electrons. The number of ether oxygens (including phenoxy) is 1. The van der Waals surface area contributed by atoms with E-state index in [0.717, 1.165) is 6.42 Å². The number of esters is 1. The quantitative estimate of drug-likeness (QED) is 0.539. The molecule has 3 nitrogen and oxygen atoms in total. The van der Waals surface area contributed by atoms with Gasteiger partial charge in [0.25, 0.3) is 0 Å². The first kappa shape index (κ1) is 7.54. The fraction of sp³-hybridized carbons (Fsp3) is 0.857. The predicted octanol–water partition coefficient (Wildman–Crippen LogP) is 0.320. The first-order valence-corrected chi connectivity index (χ1v) is 3.45. The molecule has 1 aliphatic heterocycles. The van der Waals surface area contributed by atoms with Crippen LogP contribution in [0.2, 0.25) is 0 Å². The summed E-state index contributed by atoms with van der Waals surface area (Å²) in [6.07, 6.45) is -0.155. The molecule has 1 N–H and O–H groups in total. The molecule has 0 saturated carbocycles. The Morgan fingerprint density at radius 3 is 2.70 bits per heavy atom. The lowest BCUT2D eigenvalue weighted by Crippen LogP contribution is -2.31. The summed E-state index contributed by atoms with van der Waals surface area (Å²) in [5.41, 5.74) is -0.350. The van der Waals surface area contributed by atoms with Crippen LogP contribution in [-0.4, -0.2) is 23.8 Å².